The van der Waals surface area contributed by atoms with Gasteiger partial charge in [0.05, 0.1) is 4.90 Å². The van der Waals surface area contributed by atoms with Crippen molar-refractivity contribution >= 4 is 62.1 Å². The molecule has 0 aliphatic heterocycles. The zero-order valence-electron chi connectivity index (χ0n) is 16.2. The van der Waals surface area contributed by atoms with Crippen molar-refractivity contribution in [3.8, 4) is 5.75 Å². The predicted octanol–water partition coefficient (Wildman–Crippen LogP) is 5.77. The highest BCUT2D eigenvalue weighted by atomic mass is 35.5. The van der Waals surface area contributed by atoms with Gasteiger partial charge in [-0.3, -0.25) is 9.52 Å². The van der Waals surface area contributed by atoms with Gasteiger partial charge in [0, 0.05) is 26.4 Å². The monoisotopic (exact) mass is 498 g/mol. The first kappa shape index (κ1) is 23.2. The van der Waals surface area contributed by atoms with Crippen LogP contribution in [0.2, 0.25) is 15.1 Å². The molecule has 0 heterocycles. The normalized spacial score (nSPS) is 11.1. The van der Waals surface area contributed by atoms with Crippen LogP contribution in [0.5, 0.6) is 5.75 Å². The number of rotatable bonds is 7. The molecule has 0 saturated carbocycles. The zero-order valence-corrected chi connectivity index (χ0v) is 19.2. The number of hydrogen-bond acceptors (Lipinski definition) is 4. The van der Waals surface area contributed by atoms with Crippen molar-refractivity contribution in [2.45, 2.75) is 11.8 Å². The van der Waals surface area contributed by atoms with E-state index in [0.29, 0.717) is 37.8 Å². The number of sulfonamides is 1. The molecule has 162 valence electrons. The van der Waals surface area contributed by atoms with Crippen LogP contribution < -0.4 is 14.8 Å². The first-order valence-corrected chi connectivity index (χ1v) is 11.5. The third-order valence-corrected chi connectivity index (χ3v) is 6.13. The van der Waals surface area contributed by atoms with Crippen LogP contribution in [0, 0.1) is 6.92 Å². The van der Waals surface area contributed by atoms with E-state index in [-0.39, 0.29) is 11.5 Å². The summed E-state index contributed by atoms with van der Waals surface area (Å²) in [5, 5.41) is 3.92. The molecule has 3 aromatic rings. The molecule has 0 spiro atoms. The lowest BCUT2D eigenvalue weighted by Gasteiger charge is -2.12. The van der Waals surface area contributed by atoms with Gasteiger partial charge >= 0.3 is 0 Å². The molecule has 10 heteroatoms. The molecule has 0 aliphatic rings. The lowest BCUT2D eigenvalue weighted by Crippen LogP contribution is -2.20. The van der Waals surface area contributed by atoms with E-state index < -0.39 is 15.9 Å². The molecular formula is C21H17Cl3N2O4S. The molecule has 6 nitrogen and oxygen atoms in total. The molecule has 1 amide bonds. The number of nitrogens with one attached hydrogen (secondary N) is 2. The zero-order chi connectivity index (χ0) is 22.6. The summed E-state index contributed by atoms with van der Waals surface area (Å²) in [5.74, 6) is -0.0384. The third kappa shape index (κ3) is 6.51. The number of carbonyl (C=O) groups excluding carboxylic acids is 1. The summed E-state index contributed by atoms with van der Waals surface area (Å²) in [4.78, 5) is 12.2. The Bertz CT molecular complexity index is 1200. The fourth-order valence-corrected chi connectivity index (χ4v) is 4.44. The van der Waals surface area contributed by atoms with Crippen molar-refractivity contribution in [1.82, 2.24) is 0 Å². The molecule has 0 aromatic heterocycles. The van der Waals surface area contributed by atoms with E-state index in [1.165, 1.54) is 18.2 Å². The van der Waals surface area contributed by atoms with E-state index in [1.807, 2.05) is 0 Å². The SMILES string of the molecule is Cc1cc(S(=O)(=O)Nc2ccc(Cl)cc2)ccc1OCC(=O)Nc1cc(Cl)cc(Cl)c1. The van der Waals surface area contributed by atoms with Crippen molar-refractivity contribution in [3.05, 3.63) is 81.3 Å². The van der Waals surface area contributed by atoms with Gasteiger partial charge in [0.25, 0.3) is 15.9 Å². The number of aryl methyl sites for hydroxylation is 1. The quantitative estimate of drug-likeness (QED) is 0.432. The van der Waals surface area contributed by atoms with E-state index in [1.54, 1.807) is 49.4 Å². The molecule has 0 radical (unpaired) electrons. The Balaban J connectivity index is 1.64. The summed E-state index contributed by atoms with van der Waals surface area (Å²) >= 11 is 17.6. The van der Waals surface area contributed by atoms with Crippen molar-refractivity contribution in [3.63, 3.8) is 0 Å². The topological polar surface area (TPSA) is 84.5 Å². The van der Waals surface area contributed by atoms with Crippen molar-refractivity contribution in [2.75, 3.05) is 16.6 Å². The number of carbonyl (C=O) groups is 1. The van der Waals surface area contributed by atoms with Crippen molar-refractivity contribution in [2.24, 2.45) is 0 Å². The van der Waals surface area contributed by atoms with Crippen LogP contribution in [0.4, 0.5) is 11.4 Å². The highest BCUT2D eigenvalue weighted by Gasteiger charge is 2.16. The minimum Gasteiger partial charge on any atom is -0.483 e. The summed E-state index contributed by atoms with van der Waals surface area (Å²) in [6, 6.07) is 15.3. The van der Waals surface area contributed by atoms with Gasteiger partial charge in [0.2, 0.25) is 0 Å². The second-order valence-electron chi connectivity index (χ2n) is 6.53. The van der Waals surface area contributed by atoms with Gasteiger partial charge in [-0.1, -0.05) is 34.8 Å². The number of ether oxygens (including phenoxy) is 1. The van der Waals surface area contributed by atoms with Crippen LogP contribution in [0.15, 0.2) is 65.6 Å². The summed E-state index contributed by atoms with van der Waals surface area (Å²) in [5.41, 5.74) is 1.38. The standard InChI is InChI=1S/C21H17Cl3N2O4S/c1-13-8-19(31(28,29)26-17-4-2-14(22)3-5-17)6-7-20(13)30-12-21(27)25-18-10-15(23)9-16(24)11-18/h2-11,26H,12H2,1H3,(H,25,27). The molecule has 2 N–H and O–H groups in total. The van der Waals surface area contributed by atoms with Gasteiger partial charge in [-0.15, -0.1) is 0 Å². The van der Waals surface area contributed by atoms with E-state index in [0.717, 1.165) is 0 Å². The maximum absolute atomic E-state index is 12.6. The van der Waals surface area contributed by atoms with Gasteiger partial charge in [-0.25, -0.2) is 8.42 Å². The minimum atomic E-state index is -3.80. The van der Waals surface area contributed by atoms with Crippen molar-refractivity contribution < 1.29 is 17.9 Å². The molecule has 31 heavy (non-hydrogen) atoms. The fourth-order valence-electron chi connectivity index (χ4n) is 2.65. The van der Waals surface area contributed by atoms with Crippen molar-refractivity contribution in [1.29, 1.82) is 0 Å². The lowest BCUT2D eigenvalue weighted by molar-refractivity contribution is -0.118. The number of hydrogen-bond donors (Lipinski definition) is 2. The van der Waals surface area contributed by atoms with Crippen LogP contribution in [0.3, 0.4) is 0 Å². The van der Waals surface area contributed by atoms with E-state index in [2.05, 4.69) is 10.0 Å². The number of amides is 1. The molecule has 0 fully saturated rings. The number of anilines is 2. The summed E-state index contributed by atoms with van der Waals surface area (Å²) in [6.45, 7) is 1.41. The maximum atomic E-state index is 12.6. The predicted molar refractivity (Wildman–Crippen MR) is 124 cm³/mol. The second-order valence-corrected chi connectivity index (χ2v) is 9.53. The molecule has 0 saturated heterocycles. The Morgan fingerprint density at radius 3 is 2.13 bits per heavy atom. The van der Waals surface area contributed by atoms with Gasteiger partial charge in [-0.05, 0) is 73.2 Å². The Kier molecular flexibility index (Phi) is 7.33. The average molecular weight is 500 g/mol. The van der Waals surface area contributed by atoms with Crippen LogP contribution in [0.25, 0.3) is 0 Å². The third-order valence-electron chi connectivity index (χ3n) is 4.06. The second kappa shape index (κ2) is 9.78. The lowest BCUT2D eigenvalue weighted by atomic mass is 10.2. The van der Waals surface area contributed by atoms with Crippen LogP contribution in [-0.4, -0.2) is 20.9 Å². The number of benzene rings is 3. The molecule has 0 unspecified atom stereocenters. The maximum Gasteiger partial charge on any atom is 0.262 e. The fraction of sp³-hybridized carbons (Fsp3) is 0.0952. The Morgan fingerprint density at radius 2 is 1.52 bits per heavy atom. The van der Waals surface area contributed by atoms with Gasteiger partial charge in [0.15, 0.2) is 6.61 Å². The molecule has 3 aromatic carbocycles. The average Bonchev–Trinajstić information content (AvgIpc) is 2.68. The van der Waals surface area contributed by atoms with Crippen LogP contribution in [-0.2, 0) is 14.8 Å². The summed E-state index contributed by atoms with van der Waals surface area (Å²) in [7, 11) is -3.80. The summed E-state index contributed by atoms with van der Waals surface area (Å²) < 4.78 is 33.2. The van der Waals surface area contributed by atoms with Gasteiger partial charge in [-0.2, -0.15) is 0 Å². The number of halogens is 3. The highest BCUT2D eigenvalue weighted by molar-refractivity contribution is 7.92. The van der Waals surface area contributed by atoms with Gasteiger partial charge < -0.3 is 10.1 Å². The first-order chi connectivity index (χ1) is 14.6. The molecular weight excluding hydrogens is 483 g/mol. The highest BCUT2D eigenvalue weighted by Crippen LogP contribution is 2.25. The van der Waals surface area contributed by atoms with E-state index >= 15 is 0 Å². The smallest absolute Gasteiger partial charge is 0.262 e. The van der Waals surface area contributed by atoms with Gasteiger partial charge in [0.1, 0.15) is 5.75 Å². The van der Waals surface area contributed by atoms with Crippen LogP contribution in [0.1, 0.15) is 5.56 Å². The van der Waals surface area contributed by atoms with Crippen LogP contribution >= 0.6 is 34.8 Å². The minimum absolute atomic E-state index is 0.0605. The van der Waals surface area contributed by atoms with E-state index in [4.69, 9.17) is 39.5 Å². The molecule has 0 atom stereocenters. The Hall–Kier alpha value is -2.45. The largest absolute Gasteiger partial charge is 0.483 e. The Labute approximate surface area is 195 Å². The molecule has 0 bridgehead atoms. The molecule has 3 rings (SSSR count). The summed E-state index contributed by atoms with van der Waals surface area (Å²) in [6.07, 6.45) is 0. The first-order valence-electron chi connectivity index (χ1n) is 8.90. The molecule has 0 aliphatic carbocycles. The van der Waals surface area contributed by atoms with E-state index in [9.17, 15) is 13.2 Å². The Morgan fingerprint density at radius 1 is 0.871 bits per heavy atom.